The number of para-hydroxylation sites is 1. The maximum Gasteiger partial charge on any atom is 0.345 e. The van der Waals surface area contributed by atoms with Gasteiger partial charge in [-0.1, -0.05) is 32.9 Å². The molecule has 1 aromatic carbocycles. The predicted octanol–water partition coefficient (Wildman–Crippen LogP) is 2.64. The number of ether oxygens (including phenoxy) is 1. The quantitative estimate of drug-likeness (QED) is 0.508. The predicted molar refractivity (Wildman–Crippen MR) is 74.0 cm³/mol. The molecule has 0 saturated heterocycles. The number of carbonyl (C=O) groups excluding carboxylic acids is 1. The van der Waals surface area contributed by atoms with Gasteiger partial charge < -0.3 is 9.84 Å². The van der Waals surface area contributed by atoms with Gasteiger partial charge in [0.2, 0.25) is 0 Å². The summed E-state index contributed by atoms with van der Waals surface area (Å²) in [6, 6.07) is 5.39. The SMILES string of the molecule is CC(C)(C)C(CC(=O)O)OC(=O)c1ccccc1[N+](=O)[O-]. The average Bonchev–Trinajstić information content (AvgIpc) is 2.36. The number of benzene rings is 1. The monoisotopic (exact) mass is 295 g/mol. The Bertz CT molecular complexity index is 561. The molecule has 1 aromatic rings. The lowest BCUT2D eigenvalue weighted by Gasteiger charge is -2.29. The highest BCUT2D eigenvalue weighted by Crippen LogP contribution is 2.27. The largest absolute Gasteiger partial charge is 0.481 e. The van der Waals surface area contributed by atoms with E-state index < -0.39 is 28.4 Å². The van der Waals surface area contributed by atoms with Gasteiger partial charge in [-0.25, -0.2) is 4.79 Å². The number of carboxylic acids is 1. The van der Waals surface area contributed by atoms with Gasteiger partial charge in [-0.2, -0.15) is 0 Å². The van der Waals surface area contributed by atoms with Gasteiger partial charge in [-0.05, 0) is 11.5 Å². The minimum atomic E-state index is -1.11. The molecule has 0 heterocycles. The van der Waals surface area contributed by atoms with Gasteiger partial charge in [0.25, 0.3) is 5.69 Å². The van der Waals surface area contributed by atoms with Crippen molar-refractivity contribution in [2.24, 2.45) is 5.41 Å². The van der Waals surface area contributed by atoms with Gasteiger partial charge in [0.05, 0.1) is 11.3 Å². The second-order valence-electron chi connectivity index (χ2n) is 5.63. The van der Waals surface area contributed by atoms with Crippen LogP contribution in [0.15, 0.2) is 24.3 Å². The van der Waals surface area contributed by atoms with Crippen LogP contribution in [0.4, 0.5) is 5.69 Å². The lowest BCUT2D eigenvalue weighted by atomic mass is 9.87. The summed E-state index contributed by atoms with van der Waals surface area (Å²) >= 11 is 0. The highest BCUT2D eigenvalue weighted by Gasteiger charge is 2.32. The van der Waals surface area contributed by atoms with Crippen LogP contribution in [0.3, 0.4) is 0 Å². The Kier molecular flexibility index (Phi) is 5.02. The van der Waals surface area contributed by atoms with Crippen molar-refractivity contribution in [2.45, 2.75) is 33.3 Å². The van der Waals surface area contributed by atoms with Crippen molar-refractivity contribution in [3.05, 3.63) is 39.9 Å². The van der Waals surface area contributed by atoms with Crippen molar-refractivity contribution >= 4 is 17.6 Å². The fraction of sp³-hybridized carbons (Fsp3) is 0.429. The summed E-state index contributed by atoms with van der Waals surface area (Å²) in [5.74, 6) is -2.01. The van der Waals surface area contributed by atoms with E-state index in [0.717, 1.165) is 0 Å². The van der Waals surface area contributed by atoms with Crippen LogP contribution in [0.5, 0.6) is 0 Å². The van der Waals surface area contributed by atoms with Gasteiger partial charge >= 0.3 is 11.9 Å². The summed E-state index contributed by atoms with van der Waals surface area (Å²) in [4.78, 5) is 33.1. The fourth-order valence-corrected chi connectivity index (χ4v) is 1.68. The minimum absolute atomic E-state index is 0.192. The van der Waals surface area contributed by atoms with E-state index in [4.69, 9.17) is 9.84 Å². The zero-order valence-corrected chi connectivity index (χ0v) is 12.0. The Labute approximate surface area is 121 Å². The third kappa shape index (κ3) is 4.55. The summed E-state index contributed by atoms with van der Waals surface area (Å²) in [5.41, 5.74) is -1.16. The molecule has 114 valence electrons. The van der Waals surface area contributed by atoms with Crippen molar-refractivity contribution in [1.29, 1.82) is 0 Å². The second-order valence-corrected chi connectivity index (χ2v) is 5.63. The van der Waals surface area contributed by atoms with E-state index in [1.165, 1.54) is 24.3 Å². The summed E-state index contributed by atoms with van der Waals surface area (Å²) in [7, 11) is 0. The van der Waals surface area contributed by atoms with Crippen molar-refractivity contribution in [3.63, 3.8) is 0 Å². The van der Waals surface area contributed by atoms with Gasteiger partial charge in [0.1, 0.15) is 11.7 Å². The zero-order valence-electron chi connectivity index (χ0n) is 12.0. The topological polar surface area (TPSA) is 107 Å². The van der Waals surface area contributed by atoms with E-state index in [-0.39, 0.29) is 17.7 Å². The van der Waals surface area contributed by atoms with Crippen LogP contribution in [0, 0.1) is 15.5 Å². The fourth-order valence-electron chi connectivity index (χ4n) is 1.68. The molecule has 0 aliphatic heterocycles. The molecule has 7 nitrogen and oxygen atoms in total. The van der Waals surface area contributed by atoms with Crippen molar-refractivity contribution in [3.8, 4) is 0 Å². The van der Waals surface area contributed by atoms with Crippen LogP contribution in [-0.2, 0) is 9.53 Å². The van der Waals surface area contributed by atoms with Crippen LogP contribution in [0.25, 0.3) is 0 Å². The molecule has 1 atom stereocenters. The molecule has 1 rings (SSSR count). The first-order valence-corrected chi connectivity index (χ1v) is 6.29. The van der Waals surface area contributed by atoms with Crippen molar-refractivity contribution < 1.29 is 24.4 Å². The molecule has 0 bridgehead atoms. The van der Waals surface area contributed by atoms with E-state index in [9.17, 15) is 19.7 Å². The molecular formula is C14H17NO6. The molecule has 0 spiro atoms. The van der Waals surface area contributed by atoms with Crippen LogP contribution < -0.4 is 0 Å². The zero-order chi connectivity index (χ0) is 16.2. The summed E-state index contributed by atoms with van der Waals surface area (Å²) < 4.78 is 5.18. The maximum atomic E-state index is 12.1. The average molecular weight is 295 g/mol. The molecule has 1 unspecified atom stereocenters. The second kappa shape index (κ2) is 6.34. The Morgan fingerprint density at radius 3 is 2.38 bits per heavy atom. The Morgan fingerprint density at radius 2 is 1.90 bits per heavy atom. The van der Waals surface area contributed by atoms with Gasteiger partial charge in [0, 0.05) is 6.07 Å². The number of rotatable bonds is 5. The summed E-state index contributed by atoms with van der Waals surface area (Å²) in [6.45, 7) is 5.19. The molecular weight excluding hydrogens is 278 g/mol. The molecule has 0 aliphatic rings. The molecule has 7 heteroatoms. The third-order valence-corrected chi connectivity index (χ3v) is 2.90. The third-order valence-electron chi connectivity index (χ3n) is 2.90. The van der Waals surface area contributed by atoms with E-state index in [2.05, 4.69) is 0 Å². The number of carboxylic acid groups (broad SMARTS) is 1. The molecule has 0 aliphatic carbocycles. The molecule has 0 amide bonds. The summed E-state index contributed by atoms with van der Waals surface area (Å²) in [5, 5.41) is 19.8. The highest BCUT2D eigenvalue weighted by atomic mass is 16.6. The van der Waals surface area contributed by atoms with Gasteiger partial charge in [0.15, 0.2) is 0 Å². The first-order chi connectivity index (χ1) is 9.62. The lowest BCUT2D eigenvalue weighted by Crippen LogP contribution is -2.34. The molecule has 0 aromatic heterocycles. The Balaban J connectivity index is 3.03. The molecule has 0 radical (unpaired) electrons. The van der Waals surface area contributed by atoms with Crippen LogP contribution in [-0.4, -0.2) is 28.1 Å². The van der Waals surface area contributed by atoms with E-state index in [1.54, 1.807) is 20.8 Å². The number of aliphatic carboxylic acids is 1. The lowest BCUT2D eigenvalue weighted by molar-refractivity contribution is -0.385. The molecule has 1 N–H and O–H groups in total. The highest BCUT2D eigenvalue weighted by molar-refractivity contribution is 5.94. The van der Waals surface area contributed by atoms with Crippen LogP contribution in [0.2, 0.25) is 0 Å². The van der Waals surface area contributed by atoms with Crippen molar-refractivity contribution in [2.75, 3.05) is 0 Å². The number of hydrogen-bond donors (Lipinski definition) is 1. The van der Waals surface area contributed by atoms with Crippen LogP contribution in [0.1, 0.15) is 37.6 Å². The first-order valence-electron chi connectivity index (χ1n) is 6.29. The number of nitro groups is 1. The number of hydrogen-bond acceptors (Lipinski definition) is 5. The van der Waals surface area contributed by atoms with E-state index in [1.807, 2.05) is 0 Å². The van der Waals surface area contributed by atoms with E-state index >= 15 is 0 Å². The van der Waals surface area contributed by atoms with E-state index in [0.29, 0.717) is 0 Å². The van der Waals surface area contributed by atoms with Crippen molar-refractivity contribution in [1.82, 2.24) is 0 Å². The number of nitro benzene ring substituents is 1. The number of nitrogens with zero attached hydrogens (tertiary/aromatic N) is 1. The maximum absolute atomic E-state index is 12.1. The number of esters is 1. The normalized spacial score (nSPS) is 12.5. The molecule has 21 heavy (non-hydrogen) atoms. The standard InChI is InChI=1S/C14H17NO6/c1-14(2,3)11(8-12(16)17)21-13(18)9-6-4-5-7-10(9)15(19)20/h4-7,11H,8H2,1-3H3,(H,16,17). The molecule has 0 fully saturated rings. The smallest absolute Gasteiger partial charge is 0.345 e. The van der Waals surface area contributed by atoms with Crippen LogP contribution >= 0.6 is 0 Å². The minimum Gasteiger partial charge on any atom is -0.481 e. The Morgan fingerprint density at radius 1 is 1.33 bits per heavy atom. The molecule has 0 saturated carbocycles. The number of carbonyl (C=O) groups is 2. The first kappa shape index (κ1) is 16.6. The van der Waals surface area contributed by atoms with Gasteiger partial charge in [-0.15, -0.1) is 0 Å². The Hall–Kier alpha value is -2.44. The summed E-state index contributed by atoms with van der Waals surface area (Å²) in [6.07, 6.45) is -1.25. The van der Waals surface area contributed by atoms with Gasteiger partial charge in [-0.3, -0.25) is 14.9 Å².